The second-order valence-electron chi connectivity index (χ2n) is 4.88. The Morgan fingerprint density at radius 2 is 1.95 bits per heavy atom. The van der Waals surface area contributed by atoms with Crippen LogP contribution in [0.2, 0.25) is 0 Å². The number of likely N-dealkylation sites (N-methyl/N-ethyl adjacent to an activating group) is 1. The summed E-state index contributed by atoms with van der Waals surface area (Å²) in [6.07, 6.45) is 3.61. The van der Waals surface area contributed by atoms with E-state index >= 15 is 0 Å². The van der Waals surface area contributed by atoms with Gasteiger partial charge in [-0.15, -0.1) is 0 Å². The van der Waals surface area contributed by atoms with E-state index in [9.17, 15) is 0 Å². The van der Waals surface area contributed by atoms with Crippen LogP contribution in [0.1, 0.15) is 11.6 Å². The first-order valence-corrected chi connectivity index (χ1v) is 6.65. The van der Waals surface area contributed by atoms with Gasteiger partial charge in [-0.05, 0) is 43.9 Å². The number of benzene rings is 1. The SMILES string of the molecule is COc1ccc(C(CNc2cccnc2)N(C)C)cc1. The summed E-state index contributed by atoms with van der Waals surface area (Å²) < 4.78 is 5.20. The molecule has 1 aromatic carbocycles. The number of nitrogens with one attached hydrogen (secondary N) is 1. The van der Waals surface area contributed by atoms with Crippen LogP contribution in [-0.4, -0.2) is 37.6 Å². The number of anilines is 1. The highest BCUT2D eigenvalue weighted by Crippen LogP contribution is 2.21. The van der Waals surface area contributed by atoms with Crippen LogP contribution in [0.3, 0.4) is 0 Å². The molecule has 1 aromatic heterocycles. The first-order chi connectivity index (χ1) is 9.70. The van der Waals surface area contributed by atoms with E-state index in [2.05, 4.69) is 41.4 Å². The Kier molecular flexibility index (Phi) is 4.96. The summed E-state index contributed by atoms with van der Waals surface area (Å²) in [5.41, 5.74) is 2.29. The van der Waals surface area contributed by atoms with Gasteiger partial charge in [0.05, 0.1) is 18.8 Å². The van der Waals surface area contributed by atoms with E-state index in [1.54, 1.807) is 13.3 Å². The Bertz CT molecular complexity index is 511. The van der Waals surface area contributed by atoms with Gasteiger partial charge in [-0.3, -0.25) is 4.98 Å². The van der Waals surface area contributed by atoms with E-state index < -0.39 is 0 Å². The number of pyridine rings is 1. The van der Waals surface area contributed by atoms with E-state index in [1.165, 1.54) is 5.56 Å². The fraction of sp³-hybridized carbons (Fsp3) is 0.312. The number of rotatable bonds is 6. The molecular formula is C16H21N3O. The maximum absolute atomic E-state index is 5.20. The molecule has 2 aromatic rings. The van der Waals surface area contributed by atoms with Gasteiger partial charge in [0.25, 0.3) is 0 Å². The van der Waals surface area contributed by atoms with Crippen LogP contribution in [0.25, 0.3) is 0 Å². The number of hydrogen-bond acceptors (Lipinski definition) is 4. The van der Waals surface area contributed by atoms with Crippen molar-refractivity contribution < 1.29 is 4.74 Å². The molecule has 0 fully saturated rings. The molecular weight excluding hydrogens is 250 g/mol. The lowest BCUT2D eigenvalue weighted by Gasteiger charge is -2.25. The van der Waals surface area contributed by atoms with Crippen LogP contribution in [0.4, 0.5) is 5.69 Å². The molecule has 1 unspecified atom stereocenters. The molecule has 106 valence electrons. The minimum absolute atomic E-state index is 0.293. The fourth-order valence-electron chi connectivity index (χ4n) is 2.11. The molecule has 20 heavy (non-hydrogen) atoms. The zero-order chi connectivity index (χ0) is 14.4. The van der Waals surface area contributed by atoms with Crippen molar-refractivity contribution >= 4 is 5.69 Å². The zero-order valence-electron chi connectivity index (χ0n) is 12.2. The molecule has 0 saturated heterocycles. The Morgan fingerprint density at radius 3 is 2.50 bits per heavy atom. The number of ether oxygens (including phenoxy) is 1. The van der Waals surface area contributed by atoms with Gasteiger partial charge in [0, 0.05) is 18.9 Å². The average molecular weight is 271 g/mol. The van der Waals surface area contributed by atoms with Crippen molar-refractivity contribution in [2.75, 3.05) is 33.1 Å². The molecule has 0 amide bonds. The van der Waals surface area contributed by atoms with E-state index in [-0.39, 0.29) is 0 Å². The topological polar surface area (TPSA) is 37.4 Å². The summed E-state index contributed by atoms with van der Waals surface area (Å²) >= 11 is 0. The van der Waals surface area contributed by atoms with Gasteiger partial charge in [0.1, 0.15) is 5.75 Å². The van der Waals surface area contributed by atoms with Gasteiger partial charge in [-0.1, -0.05) is 12.1 Å². The third-order valence-corrected chi connectivity index (χ3v) is 3.28. The first kappa shape index (κ1) is 14.3. The van der Waals surface area contributed by atoms with Crippen LogP contribution in [0.5, 0.6) is 5.75 Å². The van der Waals surface area contributed by atoms with Crippen molar-refractivity contribution in [3.63, 3.8) is 0 Å². The summed E-state index contributed by atoms with van der Waals surface area (Å²) in [4.78, 5) is 6.31. The maximum Gasteiger partial charge on any atom is 0.118 e. The van der Waals surface area contributed by atoms with E-state index in [4.69, 9.17) is 4.74 Å². The van der Waals surface area contributed by atoms with Crippen molar-refractivity contribution in [1.82, 2.24) is 9.88 Å². The Hall–Kier alpha value is -2.07. The fourth-order valence-corrected chi connectivity index (χ4v) is 2.11. The van der Waals surface area contributed by atoms with Crippen LogP contribution < -0.4 is 10.1 Å². The highest BCUT2D eigenvalue weighted by Gasteiger charge is 2.13. The molecule has 1 N–H and O–H groups in total. The van der Waals surface area contributed by atoms with E-state index in [0.29, 0.717) is 6.04 Å². The molecule has 0 spiro atoms. The molecule has 4 nitrogen and oxygen atoms in total. The summed E-state index contributed by atoms with van der Waals surface area (Å²) in [5, 5.41) is 3.42. The second kappa shape index (κ2) is 6.91. The van der Waals surface area contributed by atoms with Crippen molar-refractivity contribution in [3.05, 3.63) is 54.4 Å². The monoisotopic (exact) mass is 271 g/mol. The van der Waals surface area contributed by atoms with Crippen molar-refractivity contribution in [3.8, 4) is 5.75 Å². The van der Waals surface area contributed by atoms with Gasteiger partial charge in [-0.2, -0.15) is 0 Å². The molecule has 0 aliphatic carbocycles. The second-order valence-corrected chi connectivity index (χ2v) is 4.88. The molecule has 2 rings (SSSR count). The molecule has 0 radical (unpaired) electrons. The van der Waals surface area contributed by atoms with Crippen molar-refractivity contribution in [2.45, 2.75) is 6.04 Å². The van der Waals surface area contributed by atoms with Gasteiger partial charge in [0.2, 0.25) is 0 Å². The minimum atomic E-state index is 0.293. The molecule has 0 bridgehead atoms. The number of aromatic nitrogens is 1. The lowest BCUT2D eigenvalue weighted by atomic mass is 10.1. The normalized spacial score (nSPS) is 12.2. The molecule has 1 heterocycles. The molecule has 0 aliphatic heterocycles. The smallest absolute Gasteiger partial charge is 0.118 e. The van der Waals surface area contributed by atoms with Gasteiger partial charge >= 0.3 is 0 Å². The predicted octanol–water partition coefficient (Wildman–Crippen LogP) is 2.81. The number of hydrogen-bond donors (Lipinski definition) is 1. The van der Waals surface area contributed by atoms with Crippen molar-refractivity contribution in [2.24, 2.45) is 0 Å². The van der Waals surface area contributed by atoms with E-state index in [0.717, 1.165) is 18.0 Å². The zero-order valence-corrected chi connectivity index (χ0v) is 12.2. The largest absolute Gasteiger partial charge is 0.497 e. The van der Waals surface area contributed by atoms with Crippen molar-refractivity contribution in [1.29, 1.82) is 0 Å². The average Bonchev–Trinajstić information content (AvgIpc) is 2.49. The number of methoxy groups -OCH3 is 1. The van der Waals surface area contributed by atoms with Crippen LogP contribution in [0, 0.1) is 0 Å². The first-order valence-electron chi connectivity index (χ1n) is 6.65. The van der Waals surface area contributed by atoms with Crippen LogP contribution >= 0.6 is 0 Å². The van der Waals surface area contributed by atoms with Crippen LogP contribution in [0.15, 0.2) is 48.8 Å². The van der Waals surface area contributed by atoms with Crippen LogP contribution in [-0.2, 0) is 0 Å². The maximum atomic E-state index is 5.20. The number of nitrogens with zero attached hydrogens (tertiary/aromatic N) is 2. The Balaban J connectivity index is 2.06. The molecule has 0 aliphatic rings. The predicted molar refractivity (Wildman–Crippen MR) is 82.1 cm³/mol. The lowest BCUT2D eigenvalue weighted by molar-refractivity contribution is 0.311. The third kappa shape index (κ3) is 3.71. The third-order valence-electron chi connectivity index (χ3n) is 3.28. The van der Waals surface area contributed by atoms with Gasteiger partial charge in [-0.25, -0.2) is 0 Å². The summed E-state index contributed by atoms with van der Waals surface area (Å²) in [6, 6.07) is 12.4. The van der Waals surface area contributed by atoms with E-state index in [1.807, 2.05) is 30.5 Å². The summed E-state index contributed by atoms with van der Waals surface area (Å²) in [5.74, 6) is 0.881. The highest BCUT2D eigenvalue weighted by atomic mass is 16.5. The lowest BCUT2D eigenvalue weighted by Crippen LogP contribution is -2.26. The summed E-state index contributed by atoms with van der Waals surface area (Å²) in [7, 11) is 5.85. The van der Waals surface area contributed by atoms with Gasteiger partial charge in [0.15, 0.2) is 0 Å². The molecule has 1 atom stereocenters. The standard InChI is InChI=1S/C16H21N3O/c1-19(2)16(12-18-14-5-4-10-17-11-14)13-6-8-15(20-3)9-7-13/h4-11,16,18H,12H2,1-3H3. The van der Waals surface area contributed by atoms with Gasteiger partial charge < -0.3 is 15.0 Å². The summed E-state index contributed by atoms with van der Waals surface area (Å²) in [6.45, 7) is 0.824. The quantitative estimate of drug-likeness (QED) is 0.876. The highest BCUT2D eigenvalue weighted by molar-refractivity contribution is 5.40. The Morgan fingerprint density at radius 1 is 1.20 bits per heavy atom. The molecule has 4 heteroatoms. The molecule has 0 saturated carbocycles. The minimum Gasteiger partial charge on any atom is -0.497 e. The Labute approximate surface area is 120 Å².